The van der Waals surface area contributed by atoms with Gasteiger partial charge in [0.05, 0.1) is 19.0 Å². The lowest BCUT2D eigenvalue weighted by atomic mass is 10.0. The molecule has 0 aliphatic heterocycles. The normalized spacial score (nSPS) is 10.6. The molecule has 1 aromatic carbocycles. The minimum absolute atomic E-state index is 0.604. The fourth-order valence-electron chi connectivity index (χ4n) is 2.01. The van der Waals surface area contributed by atoms with E-state index in [2.05, 4.69) is 41.7 Å². The topological polar surface area (TPSA) is 37.9 Å². The summed E-state index contributed by atoms with van der Waals surface area (Å²) in [5, 5.41) is 0. The Morgan fingerprint density at radius 3 is 2.71 bits per heavy atom. The van der Waals surface area contributed by atoms with Gasteiger partial charge in [-0.15, -0.1) is 0 Å². The summed E-state index contributed by atoms with van der Waals surface area (Å²) in [7, 11) is 1.69. The summed E-state index contributed by atoms with van der Waals surface area (Å²) in [6, 6.07) is 4.21. The molecule has 0 saturated heterocycles. The Morgan fingerprint density at radius 1 is 1.35 bits per heavy atom. The van der Waals surface area contributed by atoms with Crippen molar-refractivity contribution in [2.45, 2.75) is 19.6 Å². The first kappa shape index (κ1) is 12.0. The first-order valence-corrected chi connectivity index (χ1v) is 6.09. The highest BCUT2D eigenvalue weighted by molar-refractivity contribution is 7.79. The van der Waals surface area contributed by atoms with Crippen molar-refractivity contribution in [3.8, 4) is 17.0 Å². The highest BCUT2D eigenvalue weighted by atomic mass is 32.1. The molecule has 90 valence electrons. The first-order valence-electron chi connectivity index (χ1n) is 5.46. The Morgan fingerprint density at radius 2 is 2.12 bits per heavy atom. The van der Waals surface area contributed by atoms with Crippen LogP contribution < -0.4 is 4.74 Å². The van der Waals surface area contributed by atoms with Crippen molar-refractivity contribution in [3.63, 3.8) is 0 Å². The fourth-order valence-corrected chi connectivity index (χ4v) is 2.17. The smallest absolute Gasteiger partial charge is 0.131 e. The molecule has 2 aromatic rings. The number of rotatable bonds is 3. The number of ether oxygens (including phenoxy) is 1. The SMILES string of the molecule is COc1c(C)cc(C)cc1-c1cnc(CS)[nH]1. The van der Waals surface area contributed by atoms with Gasteiger partial charge in [-0.1, -0.05) is 6.07 Å². The molecular formula is C13H16N2OS. The largest absolute Gasteiger partial charge is 0.496 e. The minimum atomic E-state index is 0.604. The summed E-state index contributed by atoms with van der Waals surface area (Å²) in [5.74, 6) is 2.36. The van der Waals surface area contributed by atoms with Crippen LogP contribution in [0.3, 0.4) is 0 Å². The Hall–Kier alpha value is -1.42. The monoisotopic (exact) mass is 248 g/mol. The second-order valence-corrected chi connectivity index (χ2v) is 4.38. The summed E-state index contributed by atoms with van der Waals surface area (Å²) in [6.07, 6.45) is 1.82. The Labute approximate surface area is 107 Å². The molecular weight excluding hydrogens is 232 g/mol. The molecule has 0 atom stereocenters. The van der Waals surface area contributed by atoms with Gasteiger partial charge in [-0.3, -0.25) is 0 Å². The highest BCUT2D eigenvalue weighted by Crippen LogP contribution is 2.33. The summed E-state index contributed by atoms with van der Waals surface area (Å²) >= 11 is 4.20. The van der Waals surface area contributed by atoms with E-state index in [1.165, 1.54) is 5.56 Å². The van der Waals surface area contributed by atoms with E-state index >= 15 is 0 Å². The van der Waals surface area contributed by atoms with Crippen molar-refractivity contribution in [3.05, 3.63) is 35.3 Å². The fraction of sp³-hybridized carbons (Fsp3) is 0.308. The van der Waals surface area contributed by atoms with Crippen molar-refractivity contribution in [2.75, 3.05) is 7.11 Å². The number of aromatic amines is 1. The van der Waals surface area contributed by atoms with E-state index in [0.717, 1.165) is 28.4 Å². The number of hydrogen-bond donors (Lipinski definition) is 2. The van der Waals surface area contributed by atoms with Gasteiger partial charge in [0.15, 0.2) is 0 Å². The van der Waals surface area contributed by atoms with Crippen LogP contribution in [0.25, 0.3) is 11.3 Å². The molecule has 0 amide bonds. The second kappa shape index (κ2) is 4.84. The minimum Gasteiger partial charge on any atom is -0.496 e. The van der Waals surface area contributed by atoms with E-state index in [0.29, 0.717) is 5.75 Å². The molecule has 0 bridgehead atoms. The van der Waals surface area contributed by atoms with Crippen LogP contribution in [-0.4, -0.2) is 17.1 Å². The molecule has 0 unspecified atom stereocenters. The van der Waals surface area contributed by atoms with Crippen LogP contribution in [0.2, 0.25) is 0 Å². The van der Waals surface area contributed by atoms with Gasteiger partial charge < -0.3 is 9.72 Å². The molecule has 17 heavy (non-hydrogen) atoms. The number of imidazole rings is 1. The van der Waals surface area contributed by atoms with E-state index in [9.17, 15) is 0 Å². The van der Waals surface area contributed by atoms with Crippen LogP contribution in [0.15, 0.2) is 18.3 Å². The lowest BCUT2D eigenvalue weighted by Gasteiger charge is -2.11. The first-order chi connectivity index (χ1) is 8.15. The third-order valence-electron chi connectivity index (χ3n) is 2.69. The molecule has 1 aromatic heterocycles. The number of thiol groups is 1. The zero-order valence-electron chi connectivity index (χ0n) is 10.2. The van der Waals surface area contributed by atoms with Gasteiger partial charge in [0.25, 0.3) is 0 Å². The van der Waals surface area contributed by atoms with Gasteiger partial charge in [0.2, 0.25) is 0 Å². The van der Waals surface area contributed by atoms with E-state index in [4.69, 9.17) is 4.74 Å². The van der Waals surface area contributed by atoms with Crippen LogP contribution in [0.4, 0.5) is 0 Å². The summed E-state index contributed by atoms with van der Waals surface area (Å²) in [4.78, 5) is 7.50. The van der Waals surface area contributed by atoms with Crippen LogP contribution in [-0.2, 0) is 5.75 Å². The van der Waals surface area contributed by atoms with Gasteiger partial charge in [-0.2, -0.15) is 12.6 Å². The average Bonchev–Trinajstić information content (AvgIpc) is 2.76. The number of H-pyrrole nitrogens is 1. The molecule has 1 heterocycles. The number of aromatic nitrogens is 2. The van der Waals surface area contributed by atoms with Gasteiger partial charge >= 0.3 is 0 Å². The van der Waals surface area contributed by atoms with Crippen molar-refractivity contribution >= 4 is 12.6 Å². The van der Waals surface area contributed by atoms with Gasteiger partial charge in [-0.05, 0) is 31.0 Å². The summed E-state index contributed by atoms with van der Waals surface area (Å²) in [5.41, 5.74) is 4.35. The maximum atomic E-state index is 5.46. The third kappa shape index (κ3) is 2.31. The third-order valence-corrected chi connectivity index (χ3v) is 2.99. The highest BCUT2D eigenvalue weighted by Gasteiger charge is 2.11. The number of methoxy groups -OCH3 is 1. The predicted octanol–water partition coefficient (Wildman–Crippen LogP) is 3.13. The van der Waals surface area contributed by atoms with Crippen molar-refractivity contribution < 1.29 is 4.74 Å². The molecule has 0 aliphatic carbocycles. The Balaban J connectivity index is 2.57. The summed E-state index contributed by atoms with van der Waals surface area (Å²) < 4.78 is 5.46. The Bertz CT molecular complexity index is 534. The molecule has 3 nitrogen and oxygen atoms in total. The zero-order chi connectivity index (χ0) is 12.4. The average molecular weight is 248 g/mol. The maximum Gasteiger partial charge on any atom is 0.131 e. The van der Waals surface area contributed by atoms with E-state index < -0.39 is 0 Å². The van der Waals surface area contributed by atoms with Crippen LogP contribution in [0, 0.1) is 13.8 Å². The number of hydrogen-bond acceptors (Lipinski definition) is 3. The van der Waals surface area contributed by atoms with Crippen molar-refractivity contribution in [1.29, 1.82) is 0 Å². The molecule has 0 radical (unpaired) electrons. The molecule has 0 saturated carbocycles. The Kier molecular flexibility index (Phi) is 3.43. The number of benzene rings is 1. The van der Waals surface area contributed by atoms with Gasteiger partial charge in [-0.25, -0.2) is 4.98 Å². The summed E-state index contributed by atoms with van der Waals surface area (Å²) in [6.45, 7) is 4.12. The molecule has 2 rings (SSSR count). The molecule has 4 heteroatoms. The van der Waals surface area contributed by atoms with E-state index in [1.54, 1.807) is 7.11 Å². The lowest BCUT2D eigenvalue weighted by molar-refractivity contribution is 0.413. The van der Waals surface area contributed by atoms with Crippen LogP contribution in [0.5, 0.6) is 5.75 Å². The van der Waals surface area contributed by atoms with Gasteiger partial charge in [0.1, 0.15) is 11.6 Å². The van der Waals surface area contributed by atoms with E-state index in [-0.39, 0.29) is 0 Å². The maximum absolute atomic E-state index is 5.46. The molecule has 1 N–H and O–H groups in total. The standard InChI is InChI=1S/C13H16N2OS/c1-8-4-9(2)13(16-3)10(5-8)11-6-14-12(7-17)15-11/h4-6,17H,7H2,1-3H3,(H,14,15). The zero-order valence-corrected chi connectivity index (χ0v) is 11.1. The second-order valence-electron chi connectivity index (χ2n) is 4.06. The van der Waals surface area contributed by atoms with Crippen LogP contribution >= 0.6 is 12.6 Å². The van der Waals surface area contributed by atoms with Gasteiger partial charge in [0, 0.05) is 11.3 Å². The number of nitrogens with zero attached hydrogens (tertiary/aromatic N) is 1. The lowest BCUT2D eigenvalue weighted by Crippen LogP contribution is -1.93. The molecule has 0 fully saturated rings. The van der Waals surface area contributed by atoms with Crippen LogP contribution in [0.1, 0.15) is 17.0 Å². The number of nitrogens with one attached hydrogen (secondary N) is 1. The number of aryl methyl sites for hydroxylation is 2. The van der Waals surface area contributed by atoms with Crippen molar-refractivity contribution in [1.82, 2.24) is 9.97 Å². The molecule has 0 spiro atoms. The molecule has 0 aliphatic rings. The van der Waals surface area contributed by atoms with E-state index in [1.807, 2.05) is 13.1 Å². The quantitative estimate of drug-likeness (QED) is 0.819. The predicted molar refractivity (Wildman–Crippen MR) is 72.7 cm³/mol. The van der Waals surface area contributed by atoms with Crippen molar-refractivity contribution in [2.24, 2.45) is 0 Å².